The van der Waals surface area contributed by atoms with E-state index < -0.39 is 22.8 Å². The lowest BCUT2D eigenvalue weighted by molar-refractivity contribution is -0.384. The van der Waals surface area contributed by atoms with E-state index in [1.807, 2.05) is 6.92 Å². The third-order valence-electron chi connectivity index (χ3n) is 3.26. The summed E-state index contributed by atoms with van der Waals surface area (Å²) in [5.41, 5.74) is -0.180. The van der Waals surface area contributed by atoms with Crippen LogP contribution in [0, 0.1) is 10.1 Å². The molecule has 1 fully saturated rings. The molecule has 0 saturated carbocycles. The number of hydrogen-bond acceptors (Lipinski definition) is 5. The van der Waals surface area contributed by atoms with E-state index in [2.05, 4.69) is 4.98 Å². The molecule has 1 aromatic rings. The summed E-state index contributed by atoms with van der Waals surface area (Å²) in [6, 6.07) is 0.231. The number of carbonyl (C=O) groups is 2. The molecule has 0 aromatic carbocycles. The minimum absolute atomic E-state index is 0.0385. The van der Waals surface area contributed by atoms with Crippen LogP contribution in [0.4, 0.5) is 5.69 Å². The Morgan fingerprint density at radius 3 is 2.86 bits per heavy atom. The zero-order valence-electron chi connectivity index (χ0n) is 11.3. The summed E-state index contributed by atoms with van der Waals surface area (Å²) < 4.78 is 0. The number of nitro groups is 1. The number of carbonyl (C=O) groups excluding carboxylic acids is 1. The van der Waals surface area contributed by atoms with Gasteiger partial charge in [0.1, 0.15) is 11.7 Å². The van der Waals surface area contributed by atoms with Crippen molar-refractivity contribution in [1.82, 2.24) is 9.88 Å². The molecule has 2 rings (SSSR count). The van der Waals surface area contributed by atoms with Crippen LogP contribution in [0.15, 0.2) is 12.3 Å². The summed E-state index contributed by atoms with van der Waals surface area (Å²) >= 11 is 1.42. The Labute approximate surface area is 124 Å². The Bertz CT molecular complexity index is 573. The van der Waals surface area contributed by atoms with Crippen molar-refractivity contribution >= 4 is 29.3 Å². The van der Waals surface area contributed by atoms with Gasteiger partial charge in [0.05, 0.1) is 16.5 Å². The third-order valence-corrected chi connectivity index (χ3v) is 4.61. The zero-order valence-corrected chi connectivity index (χ0v) is 12.1. The molecule has 9 heteroatoms. The predicted molar refractivity (Wildman–Crippen MR) is 76.2 cm³/mol. The Balaban J connectivity index is 2.27. The number of rotatable bonds is 5. The van der Waals surface area contributed by atoms with Crippen LogP contribution in [0.3, 0.4) is 0 Å². The van der Waals surface area contributed by atoms with E-state index in [4.69, 9.17) is 0 Å². The van der Waals surface area contributed by atoms with E-state index in [-0.39, 0.29) is 16.8 Å². The van der Waals surface area contributed by atoms with Gasteiger partial charge in [0, 0.05) is 11.8 Å². The van der Waals surface area contributed by atoms with Crippen molar-refractivity contribution < 1.29 is 19.6 Å². The molecule has 1 aliphatic rings. The van der Waals surface area contributed by atoms with Crippen LogP contribution in [0.2, 0.25) is 0 Å². The average Bonchev–Trinajstić information content (AvgIpc) is 3.05. The standard InChI is InChI=1S/C12H15N3O5S/c1-2-3-10-14(9(6-21-10)12(17)18)11(16)8-4-7(5-13-8)15(19)20/h4-5,9-10,13H,2-3,6H2,1H3,(H,17,18). The van der Waals surface area contributed by atoms with Crippen LogP contribution in [0.25, 0.3) is 0 Å². The minimum atomic E-state index is -1.06. The molecule has 2 unspecified atom stereocenters. The van der Waals surface area contributed by atoms with E-state index in [0.29, 0.717) is 12.2 Å². The molecule has 2 N–H and O–H groups in total. The maximum Gasteiger partial charge on any atom is 0.327 e. The highest BCUT2D eigenvalue weighted by molar-refractivity contribution is 8.00. The topological polar surface area (TPSA) is 117 Å². The highest BCUT2D eigenvalue weighted by atomic mass is 32.2. The SMILES string of the molecule is CCCC1SCC(C(=O)O)N1C(=O)c1cc([N+](=O)[O-])c[nH]1. The summed E-state index contributed by atoms with van der Waals surface area (Å²) in [4.78, 5) is 37.7. The number of nitrogens with zero attached hydrogens (tertiary/aromatic N) is 2. The third kappa shape index (κ3) is 3.02. The van der Waals surface area contributed by atoms with Gasteiger partial charge in [-0.2, -0.15) is 0 Å². The number of carboxylic acids is 1. The lowest BCUT2D eigenvalue weighted by Crippen LogP contribution is -2.45. The van der Waals surface area contributed by atoms with Gasteiger partial charge in [-0.25, -0.2) is 4.79 Å². The fraction of sp³-hybridized carbons (Fsp3) is 0.500. The Kier molecular flexibility index (Phi) is 4.51. The molecule has 1 saturated heterocycles. The molecule has 2 heterocycles. The minimum Gasteiger partial charge on any atom is -0.480 e. The van der Waals surface area contributed by atoms with Gasteiger partial charge < -0.3 is 15.0 Å². The number of nitrogens with one attached hydrogen (secondary N) is 1. The molecule has 0 bridgehead atoms. The molecule has 0 radical (unpaired) electrons. The van der Waals surface area contributed by atoms with Gasteiger partial charge in [0.15, 0.2) is 0 Å². The first-order valence-corrected chi connectivity index (χ1v) is 7.50. The fourth-order valence-electron chi connectivity index (χ4n) is 2.25. The van der Waals surface area contributed by atoms with Crippen molar-refractivity contribution in [2.75, 3.05) is 5.75 Å². The number of hydrogen-bond donors (Lipinski definition) is 2. The van der Waals surface area contributed by atoms with Crippen LogP contribution in [-0.4, -0.2) is 49.0 Å². The van der Waals surface area contributed by atoms with Crippen LogP contribution < -0.4 is 0 Å². The van der Waals surface area contributed by atoms with Gasteiger partial charge in [-0.05, 0) is 6.42 Å². The molecule has 0 spiro atoms. The molecule has 1 aromatic heterocycles. The lowest BCUT2D eigenvalue weighted by Gasteiger charge is -2.26. The highest BCUT2D eigenvalue weighted by Crippen LogP contribution is 2.33. The van der Waals surface area contributed by atoms with Crippen LogP contribution in [0.5, 0.6) is 0 Å². The normalized spacial score (nSPS) is 21.5. The monoisotopic (exact) mass is 313 g/mol. The van der Waals surface area contributed by atoms with Crippen molar-refractivity contribution in [3.63, 3.8) is 0 Å². The van der Waals surface area contributed by atoms with Gasteiger partial charge in [-0.1, -0.05) is 13.3 Å². The number of aromatic nitrogens is 1. The van der Waals surface area contributed by atoms with Gasteiger partial charge in [-0.15, -0.1) is 11.8 Å². The van der Waals surface area contributed by atoms with Crippen molar-refractivity contribution in [3.8, 4) is 0 Å². The highest BCUT2D eigenvalue weighted by Gasteiger charge is 2.42. The second-order valence-corrected chi connectivity index (χ2v) is 5.88. The van der Waals surface area contributed by atoms with Crippen molar-refractivity contribution in [1.29, 1.82) is 0 Å². The number of thioether (sulfide) groups is 1. The number of aliphatic carboxylic acids is 1. The molecule has 0 aliphatic carbocycles. The van der Waals surface area contributed by atoms with Crippen molar-refractivity contribution in [2.24, 2.45) is 0 Å². The largest absolute Gasteiger partial charge is 0.480 e. The van der Waals surface area contributed by atoms with Gasteiger partial charge >= 0.3 is 5.97 Å². The fourth-order valence-corrected chi connectivity index (χ4v) is 3.76. The summed E-state index contributed by atoms with van der Waals surface area (Å²) in [6.45, 7) is 1.96. The molecule has 8 nitrogen and oxygen atoms in total. The summed E-state index contributed by atoms with van der Waals surface area (Å²) in [7, 11) is 0. The first kappa shape index (κ1) is 15.4. The van der Waals surface area contributed by atoms with Crippen LogP contribution >= 0.6 is 11.8 Å². The maximum atomic E-state index is 12.5. The van der Waals surface area contributed by atoms with E-state index in [0.717, 1.165) is 18.7 Å². The molecule has 2 atom stereocenters. The number of carboxylic acid groups (broad SMARTS) is 1. The first-order chi connectivity index (χ1) is 9.95. The molecule has 1 amide bonds. The second kappa shape index (κ2) is 6.17. The maximum absolute atomic E-state index is 12.5. The molecular weight excluding hydrogens is 298 g/mol. The van der Waals surface area contributed by atoms with Crippen molar-refractivity contribution in [3.05, 3.63) is 28.1 Å². The zero-order chi connectivity index (χ0) is 15.6. The lowest BCUT2D eigenvalue weighted by atomic mass is 10.2. The van der Waals surface area contributed by atoms with E-state index >= 15 is 0 Å². The summed E-state index contributed by atoms with van der Waals surface area (Å²) in [6.07, 6.45) is 2.63. The van der Waals surface area contributed by atoms with E-state index in [1.54, 1.807) is 0 Å². The number of aromatic amines is 1. The molecule has 1 aliphatic heterocycles. The Morgan fingerprint density at radius 1 is 1.62 bits per heavy atom. The second-order valence-electron chi connectivity index (χ2n) is 4.67. The van der Waals surface area contributed by atoms with E-state index in [1.165, 1.54) is 16.7 Å². The molecule has 21 heavy (non-hydrogen) atoms. The first-order valence-electron chi connectivity index (χ1n) is 6.45. The molecular formula is C12H15N3O5S. The number of H-pyrrole nitrogens is 1. The summed E-state index contributed by atoms with van der Waals surface area (Å²) in [5.74, 6) is -1.25. The Hall–Kier alpha value is -2.03. The van der Waals surface area contributed by atoms with Crippen LogP contribution in [-0.2, 0) is 4.79 Å². The van der Waals surface area contributed by atoms with Gasteiger partial charge in [-0.3, -0.25) is 14.9 Å². The van der Waals surface area contributed by atoms with Gasteiger partial charge in [0.25, 0.3) is 11.6 Å². The Morgan fingerprint density at radius 2 is 2.33 bits per heavy atom. The van der Waals surface area contributed by atoms with Gasteiger partial charge in [0.2, 0.25) is 0 Å². The van der Waals surface area contributed by atoms with E-state index in [9.17, 15) is 24.8 Å². The predicted octanol–water partition coefficient (Wildman–Crippen LogP) is 1.69. The smallest absolute Gasteiger partial charge is 0.327 e. The average molecular weight is 313 g/mol. The van der Waals surface area contributed by atoms with Crippen LogP contribution in [0.1, 0.15) is 30.3 Å². The van der Waals surface area contributed by atoms with Crippen molar-refractivity contribution in [2.45, 2.75) is 31.2 Å². The number of amides is 1. The summed E-state index contributed by atoms with van der Waals surface area (Å²) in [5, 5.41) is 19.7. The quantitative estimate of drug-likeness (QED) is 0.631. The molecule has 114 valence electrons.